The van der Waals surface area contributed by atoms with Crippen molar-refractivity contribution in [1.29, 1.82) is 0 Å². The third-order valence-corrected chi connectivity index (χ3v) is 5.56. The molecule has 5 heteroatoms. The van der Waals surface area contributed by atoms with Crippen LogP contribution in [0.1, 0.15) is 15.9 Å². The van der Waals surface area contributed by atoms with Crippen LogP contribution in [0.2, 0.25) is 5.02 Å². The van der Waals surface area contributed by atoms with E-state index in [1.165, 1.54) is 0 Å². The van der Waals surface area contributed by atoms with Gasteiger partial charge < -0.3 is 9.73 Å². The van der Waals surface area contributed by atoms with Crippen LogP contribution in [0.5, 0.6) is 0 Å². The third-order valence-electron chi connectivity index (χ3n) is 5.23. The summed E-state index contributed by atoms with van der Waals surface area (Å²) in [5, 5.41) is 4.38. The van der Waals surface area contributed by atoms with E-state index in [4.69, 9.17) is 21.0 Å². The average molecular weight is 439 g/mol. The fourth-order valence-electron chi connectivity index (χ4n) is 3.69. The summed E-state index contributed by atoms with van der Waals surface area (Å²) < 4.78 is 6.08. The summed E-state index contributed by atoms with van der Waals surface area (Å²) in [6.45, 7) is 1.99. The van der Waals surface area contributed by atoms with Crippen LogP contribution in [0.15, 0.2) is 95.4 Å². The molecule has 5 rings (SSSR count). The van der Waals surface area contributed by atoms with Crippen molar-refractivity contribution in [2.24, 2.45) is 0 Å². The lowest BCUT2D eigenvalue weighted by Gasteiger charge is -2.10. The van der Waals surface area contributed by atoms with Gasteiger partial charge in [-0.2, -0.15) is 0 Å². The van der Waals surface area contributed by atoms with Gasteiger partial charge in [0, 0.05) is 16.6 Å². The Morgan fingerprint density at radius 1 is 0.875 bits per heavy atom. The molecule has 1 N–H and O–H groups in total. The van der Waals surface area contributed by atoms with Gasteiger partial charge in [-0.25, -0.2) is 4.98 Å². The van der Waals surface area contributed by atoms with Crippen molar-refractivity contribution in [1.82, 2.24) is 4.98 Å². The summed E-state index contributed by atoms with van der Waals surface area (Å²) in [5.74, 6) is 1.01. The van der Waals surface area contributed by atoms with E-state index in [9.17, 15) is 4.79 Å². The minimum atomic E-state index is -0.201. The number of hydrogen-bond acceptors (Lipinski definition) is 3. The number of para-hydroxylation sites is 1. The summed E-state index contributed by atoms with van der Waals surface area (Å²) >= 11 is 6.32. The van der Waals surface area contributed by atoms with Crippen LogP contribution < -0.4 is 5.32 Å². The van der Waals surface area contributed by atoms with Crippen molar-refractivity contribution in [3.63, 3.8) is 0 Å². The summed E-state index contributed by atoms with van der Waals surface area (Å²) in [6, 6.07) is 28.3. The summed E-state index contributed by atoms with van der Waals surface area (Å²) in [4.78, 5) is 17.9. The topological polar surface area (TPSA) is 55.1 Å². The highest BCUT2D eigenvalue weighted by molar-refractivity contribution is 6.33. The van der Waals surface area contributed by atoms with Crippen LogP contribution in [0, 0.1) is 6.92 Å². The molecule has 2 aromatic heterocycles. The molecule has 1 amide bonds. The highest BCUT2D eigenvalue weighted by atomic mass is 35.5. The lowest BCUT2D eigenvalue weighted by atomic mass is 10.1. The monoisotopic (exact) mass is 438 g/mol. The molecule has 0 unspecified atom stereocenters. The Morgan fingerprint density at radius 3 is 2.50 bits per heavy atom. The van der Waals surface area contributed by atoms with Gasteiger partial charge >= 0.3 is 0 Å². The number of pyridine rings is 1. The number of aromatic nitrogens is 1. The molecule has 0 aliphatic heterocycles. The Bertz CT molecular complexity index is 1460. The molecule has 0 radical (unpaired) electrons. The lowest BCUT2D eigenvalue weighted by molar-refractivity contribution is 0.102. The summed E-state index contributed by atoms with van der Waals surface area (Å²) in [6.07, 6.45) is 0. The van der Waals surface area contributed by atoms with Crippen LogP contribution in [0.4, 0.5) is 5.69 Å². The molecular weight excluding hydrogens is 420 g/mol. The molecule has 0 atom stereocenters. The number of furan rings is 1. The van der Waals surface area contributed by atoms with E-state index >= 15 is 0 Å². The maximum Gasteiger partial charge on any atom is 0.256 e. The van der Waals surface area contributed by atoms with E-state index in [0.717, 1.165) is 27.7 Å². The van der Waals surface area contributed by atoms with Gasteiger partial charge in [-0.05, 0) is 61.0 Å². The van der Waals surface area contributed by atoms with Crippen molar-refractivity contribution < 1.29 is 9.21 Å². The Hall–Kier alpha value is -3.89. The number of carbonyl (C=O) groups excluding carboxylic acids is 1. The van der Waals surface area contributed by atoms with Crippen LogP contribution >= 0.6 is 11.6 Å². The highest BCUT2D eigenvalue weighted by Crippen LogP contribution is 2.33. The van der Waals surface area contributed by atoms with Gasteiger partial charge in [0.1, 0.15) is 11.5 Å². The van der Waals surface area contributed by atoms with Crippen LogP contribution in [0.25, 0.3) is 33.7 Å². The number of fused-ring (bicyclic) bond motifs is 1. The minimum Gasteiger partial charge on any atom is -0.454 e. The second-order valence-electron chi connectivity index (χ2n) is 7.54. The number of anilines is 1. The summed E-state index contributed by atoms with van der Waals surface area (Å²) in [5.41, 5.74) is 4.45. The second-order valence-corrected chi connectivity index (χ2v) is 7.95. The van der Waals surface area contributed by atoms with Gasteiger partial charge in [-0.3, -0.25) is 4.79 Å². The minimum absolute atomic E-state index is 0.201. The normalized spacial score (nSPS) is 10.9. The smallest absolute Gasteiger partial charge is 0.256 e. The predicted molar refractivity (Wildman–Crippen MR) is 129 cm³/mol. The Labute approximate surface area is 190 Å². The van der Waals surface area contributed by atoms with E-state index in [1.54, 1.807) is 6.07 Å². The maximum absolute atomic E-state index is 13.2. The molecule has 0 spiro atoms. The molecule has 2 heterocycles. The number of amides is 1. The van der Waals surface area contributed by atoms with Crippen molar-refractivity contribution in [3.8, 4) is 22.8 Å². The highest BCUT2D eigenvalue weighted by Gasteiger charge is 2.17. The lowest BCUT2D eigenvalue weighted by Crippen LogP contribution is -2.13. The molecule has 0 aliphatic carbocycles. The van der Waals surface area contributed by atoms with Crippen LogP contribution in [-0.4, -0.2) is 10.9 Å². The van der Waals surface area contributed by atoms with E-state index in [1.807, 2.05) is 91.9 Å². The number of rotatable bonds is 4. The van der Waals surface area contributed by atoms with Crippen molar-refractivity contribution >= 4 is 34.1 Å². The van der Waals surface area contributed by atoms with Crippen molar-refractivity contribution in [2.75, 3.05) is 5.32 Å². The molecular formula is C27H19ClN2O2. The molecule has 0 bridgehead atoms. The predicted octanol–water partition coefficient (Wildman–Crippen LogP) is 7.38. The first-order valence-electron chi connectivity index (χ1n) is 10.2. The van der Waals surface area contributed by atoms with Crippen LogP contribution in [-0.2, 0) is 0 Å². The standard InChI is InChI=1S/C27H19ClN2O2/c1-17-7-6-8-18(15-17)29-27(31)21-16-24(30-23-12-5-3-9-19(21)23)26-14-13-25(32-26)20-10-2-4-11-22(20)28/h2-16H,1H3,(H,29,31). The third kappa shape index (κ3) is 3.88. The quantitative estimate of drug-likeness (QED) is 0.318. The first kappa shape index (κ1) is 20.0. The molecule has 0 aliphatic rings. The van der Waals surface area contributed by atoms with Crippen LogP contribution in [0.3, 0.4) is 0 Å². The number of aryl methyl sites for hydroxylation is 1. The number of halogens is 1. The number of nitrogens with one attached hydrogen (secondary N) is 1. The molecule has 32 heavy (non-hydrogen) atoms. The van der Waals surface area contributed by atoms with Gasteiger partial charge in [0.25, 0.3) is 5.91 Å². The zero-order chi connectivity index (χ0) is 22.1. The van der Waals surface area contributed by atoms with Gasteiger partial charge in [0.2, 0.25) is 0 Å². The molecule has 0 fully saturated rings. The molecule has 0 saturated carbocycles. The fourth-order valence-corrected chi connectivity index (χ4v) is 3.92. The van der Waals surface area contributed by atoms with E-state index in [0.29, 0.717) is 27.8 Å². The number of hydrogen-bond donors (Lipinski definition) is 1. The van der Waals surface area contributed by atoms with E-state index < -0.39 is 0 Å². The SMILES string of the molecule is Cc1cccc(NC(=O)c2cc(-c3ccc(-c4ccccc4Cl)o3)nc3ccccc23)c1. The molecule has 3 aromatic carbocycles. The second kappa shape index (κ2) is 8.33. The van der Waals surface area contributed by atoms with Gasteiger partial charge in [-0.15, -0.1) is 0 Å². The first-order valence-corrected chi connectivity index (χ1v) is 10.6. The van der Waals surface area contributed by atoms with E-state index in [2.05, 4.69) is 5.32 Å². The zero-order valence-electron chi connectivity index (χ0n) is 17.3. The van der Waals surface area contributed by atoms with Crippen molar-refractivity contribution in [3.05, 3.63) is 107 Å². The first-order chi connectivity index (χ1) is 15.6. The largest absolute Gasteiger partial charge is 0.454 e. The Kier molecular flexibility index (Phi) is 5.21. The number of benzene rings is 3. The zero-order valence-corrected chi connectivity index (χ0v) is 18.1. The fraction of sp³-hybridized carbons (Fsp3) is 0.0370. The summed E-state index contributed by atoms with van der Waals surface area (Å²) in [7, 11) is 0. The molecule has 0 saturated heterocycles. The molecule has 156 valence electrons. The average Bonchev–Trinajstić information content (AvgIpc) is 3.29. The van der Waals surface area contributed by atoms with Gasteiger partial charge in [0.15, 0.2) is 5.76 Å². The van der Waals surface area contributed by atoms with Gasteiger partial charge in [-0.1, -0.05) is 54.1 Å². The van der Waals surface area contributed by atoms with Gasteiger partial charge in [0.05, 0.1) is 16.1 Å². The molecule has 4 nitrogen and oxygen atoms in total. The number of carbonyl (C=O) groups is 1. The Morgan fingerprint density at radius 2 is 1.66 bits per heavy atom. The Balaban J connectivity index is 1.57. The maximum atomic E-state index is 13.2. The molecule has 5 aromatic rings. The van der Waals surface area contributed by atoms with E-state index in [-0.39, 0.29) is 5.91 Å². The van der Waals surface area contributed by atoms with Crippen molar-refractivity contribution in [2.45, 2.75) is 6.92 Å². The number of nitrogens with zero attached hydrogens (tertiary/aromatic N) is 1.